The number of hydrogen-bond donors (Lipinski definition) is 0. The summed E-state index contributed by atoms with van der Waals surface area (Å²) in [6.45, 7) is 1.90. The number of carbonyl (C=O) groups is 1. The molecule has 0 aliphatic rings. The SMILES string of the molecule is COC(=O)c1cccc2cnc(C)cc12. The minimum atomic E-state index is -0.314. The van der Waals surface area contributed by atoms with Crippen molar-refractivity contribution >= 4 is 16.7 Å². The van der Waals surface area contributed by atoms with Crippen LogP contribution in [0, 0.1) is 6.92 Å². The summed E-state index contributed by atoms with van der Waals surface area (Å²) in [5.74, 6) is -0.314. The molecule has 0 amide bonds. The molecular formula is C12H11NO2. The van der Waals surface area contributed by atoms with Gasteiger partial charge in [-0.15, -0.1) is 0 Å². The van der Waals surface area contributed by atoms with Crippen molar-refractivity contribution in [3.8, 4) is 0 Å². The molecule has 0 unspecified atom stereocenters. The first-order valence-electron chi connectivity index (χ1n) is 4.66. The van der Waals surface area contributed by atoms with E-state index in [0.29, 0.717) is 5.56 Å². The van der Waals surface area contributed by atoms with Crippen LogP contribution in [0.5, 0.6) is 0 Å². The highest BCUT2D eigenvalue weighted by atomic mass is 16.5. The summed E-state index contributed by atoms with van der Waals surface area (Å²) in [5, 5.41) is 1.83. The Hall–Kier alpha value is -1.90. The van der Waals surface area contributed by atoms with Crippen LogP contribution in [0.25, 0.3) is 10.8 Å². The third kappa shape index (κ3) is 1.68. The molecule has 1 aromatic carbocycles. The molecule has 3 heteroatoms. The standard InChI is InChI=1S/C12H11NO2/c1-8-6-11-9(7-13-8)4-3-5-10(11)12(14)15-2/h3-7H,1-2H3. The lowest BCUT2D eigenvalue weighted by atomic mass is 10.1. The van der Waals surface area contributed by atoms with Crippen LogP contribution in [0.2, 0.25) is 0 Å². The van der Waals surface area contributed by atoms with E-state index in [0.717, 1.165) is 16.5 Å². The molecule has 0 saturated carbocycles. The molecule has 1 aromatic heterocycles. The van der Waals surface area contributed by atoms with Gasteiger partial charge in [0.1, 0.15) is 0 Å². The number of fused-ring (bicyclic) bond motifs is 1. The number of hydrogen-bond acceptors (Lipinski definition) is 3. The van der Waals surface area contributed by atoms with Crippen molar-refractivity contribution in [3.63, 3.8) is 0 Å². The number of aryl methyl sites for hydroxylation is 1. The third-order valence-corrected chi connectivity index (χ3v) is 2.31. The molecule has 2 aromatic rings. The van der Waals surface area contributed by atoms with Crippen molar-refractivity contribution in [2.45, 2.75) is 6.92 Å². The summed E-state index contributed by atoms with van der Waals surface area (Å²) in [6, 6.07) is 7.40. The molecule has 0 spiro atoms. The van der Waals surface area contributed by atoms with Crippen molar-refractivity contribution in [2.24, 2.45) is 0 Å². The number of ether oxygens (including phenoxy) is 1. The quantitative estimate of drug-likeness (QED) is 0.665. The predicted octanol–water partition coefficient (Wildman–Crippen LogP) is 2.33. The van der Waals surface area contributed by atoms with Crippen molar-refractivity contribution in [1.82, 2.24) is 4.98 Å². The lowest BCUT2D eigenvalue weighted by molar-refractivity contribution is 0.0603. The largest absolute Gasteiger partial charge is 0.465 e. The van der Waals surface area contributed by atoms with E-state index in [1.54, 1.807) is 12.3 Å². The van der Waals surface area contributed by atoms with E-state index >= 15 is 0 Å². The highest BCUT2D eigenvalue weighted by Gasteiger charge is 2.09. The van der Waals surface area contributed by atoms with Gasteiger partial charge in [0, 0.05) is 17.3 Å². The first-order valence-corrected chi connectivity index (χ1v) is 4.66. The molecule has 15 heavy (non-hydrogen) atoms. The van der Waals surface area contributed by atoms with E-state index in [1.165, 1.54) is 7.11 Å². The summed E-state index contributed by atoms with van der Waals surface area (Å²) in [6.07, 6.45) is 1.76. The van der Waals surface area contributed by atoms with E-state index in [2.05, 4.69) is 4.98 Å². The lowest BCUT2D eigenvalue weighted by Crippen LogP contribution is -2.02. The van der Waals surface area contributed by atoms with Gasteiger partial charge in [-0.05, 0) is 24.4 Å². The first kappa shape index (κ1) is 9.65. The van der Waals surface area contributed by atoms with E-state index in [4.69, 9.17) is 4.74 Å². The monoisotopic (exact) mass is 201 g/mol. The minimum absolute atomic E-state index is 0.314. The fourth-order valence-corrected chi connectivity index (χ4v) is 1.56. The molecule has 0 saturated heterocycles. The summed E-state index contributed by atoms with van der Waals surface area (Å²) in [5.41, 5.74) is 1.47. The molecule has 0 fully saturated rings. The van der Waals surface area contributed by atoms with Crippen LogP contribution in [0.4, 0.5) is 0 Å². The summed E-state index contributed by atoms with van der Waals surface area (Å²) in [4.78, 5) is 15.7. The predicted molar refractivity (Wildman–Crippen MR) is 57.8 cm³/mol. The van der Waals surface area contributed by atoms with Crippen LogP contribution >= 0.6 is 0 Å². The molecule has 0 radical (unpaired) electrons. The van der Waals surface area contributed by atoms with Gasteiger partial charge in [0.2, 0.25) is 0 Å². The number of carbonyl (C=O) groups excluding carboxylic acids is 1. The highest BCUT2D eigenvalue weighted by Crippen LogP contribution is 2.19. The van der Waals surface area contributed by atoms with Gasteiger partial charge in [-0.3, -0.25) is 4.98 Å². The molecule has 1 heterocycles. The Bertz CT molecular complexity index is 520. The van der Waals surface area contributed by atoms with E-state index in [9.17, 15) is 4.79 Å². The maximum Gasteiger partial charge on any atom is 0.338 e. The average molecular weight is 201 g/mol. The molecule has 0 bridgehead atoms. The van der Waals surface area contributed by atoms with Gasteiger partial charge in [-0.1, -0.05) is 12.1 Å². The second-order valence-electron chi connectivity index (χ2n) is 3.34. The number of esters is 1. The van der Waals surface area contributed by atoms with Gasteiger partial charge in [0.05, 0.1) is 12.7 Å². The normalized spacial score (nSPS) is 10.3. The van der Waals surface area contributed by atoms with Crippen molar-refractivity contribution in [3.05, 3.63) is 41.7 Å². The van der Waals surface area contributed by atoms with Gasteiger partial charge in [0.15, 0.2) is 0 Å². The van der Waals surface area contributed by atoms with Crippen molar-refractivity contribution in [2.75, 3.05) is 7.11 Å². The number of aromatic nitrogens is 1. The van der Waals surface area contributed by atoms with Crippen LogP contribution in [0.15, 0.2) is 30.5 Å². The van der Waals surface area contributed by atoms with Crippen LogP contribution in [-0.2, 0) is 4.74 Å². The molecule has 76 valence electrons. The zero-order chi connectivity index (χ0) is 10.8. The molecule has 0 aliphatic heterocycles. The Labute approximate surface area is 87.7 Å². The Balaban J connectivity index is 2.74. The molecule has 0 aliphatic carbocycles. The van der Waals surface area contributed by atoms with Gasteiger partial charge in [-0.2, -0.15) is 0 Å². The number of benzene rings is 1. The Morgan fingerprint density at radius 2 is 2.20 bits per heavy atom. The second-order valence-corrected chi connectivity index (χ2v) is 3.34. The van der Waals surface area contributed by atoms with Crippen LogP contribution in [0.3, 0.4) is 0 Å². The summed E-state index contributed by atoms with van der Waals surface area (Å²) >= 11 is 0. The summed E-state index contributed by atoms with van der Waals surface area (Å²) < 4.78 is 4.72. The van der Waals surface area contributed by atoms with Crippen LogP contribution in [0.1, 0.15) is 16.1 Å². The highest BCUT2D eigenvalue weighted by molar-refractivity contribution is 6.04. The first-order chi connectivity index (χ1) is 7.22. The van der Waals surface area contributed by atoms with Crippen LogP contribution < -0.4 is 0 Å². The molecule has 0 N–H and O–H groups in total. The molecule has 0 atom stereocenters. The van der Waals surface area contributed by atoms with E-state index in [1.807, 2.05) is 25.1 Å². The molecule has 2 rings (SSSR count). The fourth-order valence-electron chi connectivity index (χ4n) is 1.56. The van der Waals surface area contributed by atoms with Gasteiger partial charge in [-0.25, -0.2) is 4.79 Å². The zero-order valence-electron chi connectivity index (χ0n) is 8.65. The third-order valence-electron chi connectivity index (χ3n) is 2.31. The Morgan fingerprint density at radius 3 is 2.93 bits per heavy atom. The fraction of sp³-hybridized carbons (Fsp3) is 0.167. The van der Waals surface area contributed by atoms with Crippen molar-refractivity contribution in [1.29, 1.82) is 0 Å². The molecular weight excluding hydrogens is 190 g/mol. The van der Waals surface area contributed by atoms with Gasteiger partial charge in [0.25, 0.3) is 0 Å². The van der Waals surface area contributed by atoms with Crippen LogP contribution in [-0.4, -0.2) is 18.1 Å². The van der Waals surface area contributed by atoms with Gasteiger partial charge >= 0.3 is 5.97 Å². The Morgan fingerprint density at radius 1 is 1.40 bits per heavy atom. The lowest BCUT2D eigenvalue weighted by Gasteiger charge is -2.04. The van der Waals surface area contributed by atoms with Gasteiger partial charge < -0.3 is 4.74 Å². The number of rotatable bonds is 1. The maximum absolute atomic E-state index is 11.5. The summed E-state index contributed by atoms with van der Waals surface area (Å²) in [7, 11) is 1.38. The Kier molecular flexibility index (Phi) is 2.37. The number of nitrogens with zero attached hydrogens (tertiary/aromatic N) is 1. The minimum Gasteiger partial charge on any atom is -0.465 e. The van der Waals surface area contributed by atoms with E-state index in [-0.39, 0.29) is 5.97 Å². The average Bonchev–Trinajstić information content (AvgIpc) is 2.27. The van der Waals surface area contributed by atoms with Crippen molar-refractivity contribution < 1.29 is 9.53 Å². The topological polar surface area (TPSA) is 39.2 Å². The molecule has 3 nitrogen and oxygen atoms in total. The smallest absolute Gasteiger partial charge is 0.338 e. The van der Waals surface area contributed by atoms with E-state index < -0.39 is 0 Å². The zero-order valence-corrected chi connectivity index (χ0v) is 8.65. The second kappa shape index (κ2) is 3.69. The number of pyridine rings is 1. The number of methoxy groups -OCH3 is 1. The maximum atomic E-state index is 11.5.